The third kappa shape index (κ3) is 2.93. The summed E-state index contributed by atoms with van der Waals surface area (Å²) in [6, 6.07) is -0.793. The van der Waals surface area contributed by atoms with Crippen LogP contribution in [-0.4, -0.2) is 27.8 Å². The topological polar surface area (TPSA) is 104 Å². The maximum Gasteiger partial charge on any atom is 0.255 e. The molecule has 2 amide bonds. The Morgan fingerprint density at radius 3 is 2.60 bits per heavy atom. The Morgan fingerprint density at radius 1 is 1.30 bits per heavy atom. The fourth-order valence-electron chi connectivity index (χ4n) is 2.48. The maximum atomic E-state index is 12.0. The summed E-state index contributed by atoms with van der Waals surface area (Å²) >= 11 is 0. The van der Waals surface area contributed by atoms with E-state index in [0.717, 1.165) is 0 Å². The highest BCUT2D eigenvalue weighted by molar-refractivity contribution is 6.00. The van der Waals surface area contributed by atoms with Crippen LogP contribution in [0.5, 0.6) is 0 Å². The summed E-state index contributed by atoms with van der Waals surface area (Å²) in [5, 5.41) is 5.36. The Labute approximate surface area is 116 Å². The molecule has 0 aromatic carbocycles. The van der Waals surface area contributed by atoms with Gasteiger partial charge in [-0.1, -0.05) is 0 Å². The number of hydrogen-bond donors (Lipinski definition) is 3. The fourth-order valence-corrected chi connectivity index (χ4v) is 2.48. The van der Waals surface area contributed by atoms with Crippen molar-refractivity contribution in [2.24, 2.45) is 0 Å². The highest BCUT2D eigenvalue weighted by Gasteiger charge is 2.28. The van der Waals surface area contributed by atoms with Gasteiger partial charge in [0.1, 0.15) is 5.82 Å². The number of H-pyrrole nitrogens is 1. The van der Waals surface area contributed by atoms with Crippen LogP contribution >= 0.6 is 0 Å². The van der Waals surface area contributed by atoms with Gasteiger partial charge in [0.05, 0.1) is 11.6 Å². The Morgan fingerprint density at radius 2 is 2.00 bits per heavy atom. The van der Waals surface area contributed by atoms with Crippen molar-refractivity contribution >= 4 is 11.8 Å². The van der Waals surface area contributed by atoms with Crippen LogP contribution in [0.4, 0.5) is 0 Å². The van der Waals surface area contributed by atoms with Gasteiger partial charge in [-0.3, -0.25) is 25.0 Å². The average molecular weight is 278 g/mol. The minimum absolute atomic E-state index is 0.206. The number of piperidine rings is 1. The molecule has 20 heavy (non-hydrogen) atoms. The monoisotopic (exact) mass is 278 g/mol. The summed E-state index contributed by atoms with van der Waals surface area (Å²) in [4.78, 5) is 41.7. The summed E-state index contributed by atoms with van der Waals surface area (Å²) in [5.74, 6) is -0.0431. The lowest BCUT2D eigenvalue weighted by Crippen LogP contribution is -2.51. The molecule has 0 radical (unpaired) electrons. The number of carbonyl (C=O) groups is 2. The second-order valence-electron chi connectivity index (χ2n) is 5.04. The van der Waals surface area contributed by atoms with Crippen LogP contribution in [-0.2, 0) is 9.59 Å². The smallest absolute Gasteiger partial charge is 0.255 e. The van der Waals surface area contributed by atoms with Crippen molar-refractivity contribution in [1.29, 1.82) is 0 Å². The Bertz CT molecular complexity index is 608. The number of aryl methyl sites for hydroxylation is 2. The number of hydrogen-bond acceptors (Lipinski definition) is 5. The third-order valence-electron chi connectivity index (χ3n) is 3.39. The molecule has 1 fully saturated rings. The molecule has 3 N–H and O–H groups in total. The number of carbonyl (C=O) groups excluding carboxylic acids is 2. The van der Waals surface area contributed by atoms with Crippen LogP contribution in [0.1, 0.15) is 42.9 Å². The summed E-state index contributed by atoms with van der Waals surface area (Å²) in [6.07, 6.45) is 0.739. The normalized spacial score (nSPS) is 20.6. The molecule has 1 saturated heterocycles. The minimum Gasteiger partial charge on any atom is -0.310 e. The molecule has 0 bridgehead atoms. The molecule has 1 aliphatic heterocycles. The third-order valence-corrected chi connectivity index (χ3v) is 3.39. The molecule has 1 aromatic rings. The van der Waals surface area contributed by atoms with Crippen molar-refractivity contribution < 1.29 is 9.59 Å². The van der Waals surface area contributed by atoms with E-state index in [1.807, 2.05) is 0 Å². The number of imide groups is 1. The highest BCUT2D eigenvalue weighted by atomic mass is 16.2. The van der Waals surface area contributed by atoms with Gasteiger partial charge in [0, 0.05) is 18.2 Å². The molecule has 0 aliphatic carbocycles. The molecule has 1 aliphatic rings. The zero-order valence-corrected chi connectivity index (χ0v) is 11.7. The summed E-state index contributed by atoms with van der Waals surface area (Å²) in [6.45, 7) is 5.29. The molecule has 2 atom stereocenters. The molecular formula is C13H18N4O3. The van der Waals surface area contributed by atoms with Gasteiger partial charge in [-0.2, -0.15) is 0 Å². The first-order valence-electron chi connectivity index (χ1n) is 6.55. The number of nitrogens with zero attached hydrogens (tertiary/aromatic N) is 1. The number of nitrogens with one attached hydrogen (secondary N) is 3. The summed E-state index contributed by atoms with van der Waals surface area (Å²) < 4.78 is 0. The molecule has 2 rings (SSSR count). The maximum absolute atomic E-state index is 12.0. The van der Waals surface area contributed by atoms with E-state index >= 15 is 0 Å². The SMILES string of the molecule is Cc1nc(C)c(C(C)NC2CCC(=O)NC2=O)c(=O)[nH]1. The zero-order chi connectivity index (χ0) is 14.9. The van der Waals surface area contributed by atoms with Gasteiger partial charge in [-0.15, -0.1) is 0 Å². The number of aromatic amines is 1. The van der Waals surface area contributed by atoms with Gasteiger partial charge in [0.25, 0.3) is 5.56 Å². The van der Waals surface area contributed by atoms with Crippen LogP contribution < -0.4 is 16.2 Å². The second-order valence-corrected chi connectivity index (χ2v) is 5.04. The van der Waals surface area contributed by atoms with Crippen molar-refractivity contribution in [3.05, 3.63) is 27.4 Å². The highest BCUT2D eigenvalue weighted by Crippen LogP contribution is 2.14. The molecule has 0 saturated carbocycles. The second kappa shape index (κ2) is 5.54. The molecule has 0 spiro atoms. The Kier molecular flexibility index (Phi) is 3.99. The number of rotatable bonds is 3. The average Bonchev–Trinajstić information content (AvgIpc) is 2.31. The first kappa shape index (κ1) is 14.4. The molecular weight excluding hydrogens is 260 g/mol. The van der Waals surface area contributed by atoms with E-state index in [0.29, 0.717) is 29.9 Å². The number of amides is 2. The van der Waals surface area contributed by atoms with Crippen LogP contribution in [0.2, 0.25) is 0 Å². The predicted octanol–water partition coefficient (Wildman–Crippen LogP) is -0.157. The van der Waals surface area contributed by atoms with Crippen molar-refractivity contribution in [2.45, 2.75) is 45.7 Å². The predicted molar refractivity (Wildman–Crippen MR) is 72.1 cm³/mol. The van der Waals surface area contributed by atoms with Crippen LogP contribution in [0.3, 0.4) is 0 Å². The zero-order valence-electron chi connectivity index (χ0n) is 11.7. The van der Waals surface area contributed by atoms with E-state index in [4.69, 9.17) is 0 Å². The van der Waals surface area contributed by atoms with Gasteiger partial charge in [-0.05, 0) is 27.2 Å². The molecule has 2 heterocycles. The molecule has 1 aromatic heterocycles. The van der Waals surface area contributed by atoms with Crippen LogP contribution in [0.25, 0.3) is 0 Å². The summed E-state index contributed by atoms with van der Waals surface area (Å²) in [5.41, 5.74) is 0.945. The number of aromatic nitrogens is 2. The lowest BCUT2D eigenvalue weighted by atomic mass is 10.0. The van der Waals surface area contributed by atoms with E-state index in [-0.39, 0.29) is 23.4 Å². The van der Waals surface area contributed by atoms with Gasteiger partial charge in [0.2, 0.25) is 11.8 Å². The quantitative estimate of drug-likeness (QED) is 0.667. The molecule has 108 valence electrons. The van der Waals surface area contributed by atoms with E-state index in [2.05, 4.69) is 20.6 Å². The van der Waals surface area contributed by atoms with Crippen molar-refractivity contribution in [3.8, 4) is 0 Å². The molecule has 2 unspecified atom stereocenters. The lowest BCUT2D eigenvalue weighted by Gasteiger charge is -2.25. The summed E-state index contributed by atoms with van der Waals surface area (Å²) in [7, 11) is 0. The Hall–Kier alpha value is -2.02. The lowest BCUT2D eigenvalue weighted by molar-refractivity contribution is -0.134. The van der Waals surface area contributed by atoms with E-state index in [9.17, 15) is 14.4 Å². The van der Waals surface area contributed by atoms with Gasteiger partial charge in [-0.25, -0.2) is 4.98 Å². The Balaban J connectivity index is 2.17. The van der Waals surface area contributed by atoms with E-state index in [1.54, 1.807) is 20.8 Å². The van der Waals surface area contributed by atoms with Gasteiger partial charge >= 0.3 is 0 Å². The first-order chi connectivity index (χ1) is 9.38. The minimum atomic E-state index is -0.470. The largest absolute Gasteiger partial charge is 0.310 e. The van der Waals surface area contributed by atoms with Crippen molar-refractivity contribution in [3.63, 3.8) is 0 Å². The van der Waals surface area contributed by atoms with Gasteiger partial charge < -0.3 is 4.98 Å². The van der Waals surface area contributed by atoms with E-state index < -0.39 is 6.04 Å². The van der Waals surface area contributed by atoms with Gasteiger partial charge in [0.15, 0.2) is 0 Å². The van der Waals surface area contributed by atoms with Crippen molar-refractivity contribution in [1.82, 2.24) is 20.6 Å². The van der Waals surface area contributed by atoms with E-state index in [1.165, 1.54) is 0 Å². The molecule has 7 nitrogen and oxygen atoms in total. The molecule has 7 heteroatoms. The van der Waals surface area contributed by atoms with Crippen molar-refractivity contribution in [2.75, 3.05) is 0 Å². The fraction of sp³-hybridized carbons (Fsp3) is 0.538. The first-order valence-corrected chi connectivity index (χ1v) is 6.55. The van der Waals surface area contributed by atoms with Crippen LogP contribution in [0.15, 0.2) is 4.79 Å². The standard InChI is InChI=1S/C13H18N4O3/c1-6-11(13(20)16-8(3)14-6)7(2)15-9-4-5-10(18)17-12(9)19/h7,9,15H,4-5H2,1-3H3,(H,14,16,20)(H,17,18,19). The van der Waals surface area contributed by atoms with Crippen LogP contribution in [0, 0.1) is 13.8 Å².